The zero-order valence-corrected chi connectivity index (χ0v) is 14.1. The maximum Gasteiger partial charge on any atom is 0.260 e. The van der Waals surface area contributed by atoms with Gasteiger partial charge in [0, 0.05) is 24.0 Å². The molecule has 7 nitrogen and oxygen atoms in total. The van der Waals surface area contributed by atoms with Crippen LogP contribution in [0.5, 0.6) is 0 Å². The first-order valence-electron chi connectivity index (χ1n) is 7.50. The molecule has 0 saturated carbocycles. The van der Waals surface area contributed by atoms with Crippen LogP contribution in [-0.2, 0) is 16.1 Å². The van der Waals surface area contributed by atoms with Crippen molar-refractivity contribution in [3.8, 4) is 0 Å². The second kappa shape index (κ2) is 8.93. The highest BCUT2D eigenvalue weighted by atomic mass is 35.5. The number of amides is 1. The Kier molecular flexibility index (Phi) is 6.62. The Morgan fingerprint density at radius 3 is 2.88 bits per heavy atom. The van der Waals surface area contributed by atoms with E-state index in [4.69, 9.17) is 22.2 Å². The fourth-order valence-electron chi connectivity index (χ4n) is 1.94. The van der Waals surface area contributed by atoms with Crippen LogP contribution < -0.4 is 11.1 Å². The van der Waals surface area contributed by atoms with Crippen LogP contribution in [0.2, 0.25) is 5.02 Å². The van der Waals surface area contributed by atoms with Crippen molar-refractivity contribution in [3.05, 3.63) is 53.6 Å². The van der Waals surface area contributed by atoms with Crippen LogP contribution in [0.15, 0.2) is 48.1 Å². The highest BCUT2D eigenvalue weighted by Gasteiger charge is 2.09. The second-order valence-electron chi connectivity index (χ2n) is 5.20. The number of carbonyl (C=O) groups is 1. The molecule has 0 radical (unpaired) electrons. The number of amidine groups is 1. The van der Waals surface area contributed by atoms with Crippen LogP contribution >= 0.6 is 11.6 Å². The average molecular weight is 350 g/mol. The van der Waals surface area contributed by atoms with Gasteiger partial charge in [-0.25, -0.2) is 4.98 Å². The summed E-state index contributed by atoms with van der Waals surface area (Å²) in [6, 6.07) is 7.29. The van der Waals surface area contributed by atoms with Gasteiger partial charge in [-0.2, -0.15) is 0 Å². The predicted octanol–water partition coefficient (Wildman–Crippen LogP) is 1.75. The smallest absolute Gasteiger partial charge is 0.260 e. The number of aromatic nitrogens is 2. The summed E-state index contributed by atoms with van der Waals surface area (Å²) < 4.78 is 1.79. The van der Waals surface area contributed by atoms with E-state index in [1.54, 1.807) is 23.3 Å². The van der Waals surface area contributed by atoms with E-state index in [9.17, 15) is 4.79 Å². The van der Waals surface area contributed by atoms with Crippen molar-refractivity contribution in [2.24, 2.45) is 10.9 Å². The molecule has 1 heterocycles. The van der Waals surface area contributed by atoms with Gasteiger partial charge in [-0.15, -0.1) is 0 Å². The molecule has 0 unspecified atom stereocenters. The largest absolute Gasteiger partial charge is 0.384 e. The van der Waals surface area contributed by atoms with E-state index in [1.165, 1.54) is 0 Å². The number of benzene rings is 1. The van der Waals surface area contributed by atoms with Gasteiger partial charge in [0.25, 0.3) is 5.91 Å². The molecule has 0 spiro atoms. The molecule has 0 fully saturated rings. The lowest BCUT2D eigenvalue weighted by molar-refractivity contribution is -0.125. The number of carbonyl (C=O) groups excluding carboxylic acids is 1. The van der Waals surface area contributed by atoms with Crippen LogP contribution in [0.3, 0.4) is 0 Å². The Morgan fingerprint density at radius 1 is 1.46 bits per heavy atom. The molecule has 0 aliphatic heterocycles. The number of imidazole rings is 1. The van der Waals surface area contributed by atoms with E-state index in [1.807, 2.05) is 31.2 Å². The number of hydrogen-bond acceptors (Lipinski definition) is 4. The minimum absolute atomic E-state index is 0.183. The van der Waals surface area contributed by atoms with Gasteiger partial charge in [-0.3, -0.25) is 4.79 Å². The Bertz CT molecular complexity index is 670. The third kappa shape index (κ3) is 5.58. The zero-order chi connectivity index (χ0) is 17.4. The van der Waals surface area contributed by atoms with Gasteiger partial charge in [-0.1, -0.05) is 28.9 Å². The van der Waals surface area contributed by atoms with Crippen molar-refractivity contribution in [1.29, 1.82) is 0 Å². The zero-order valence-electron chi connectivity index (χ0n) is 13.4. The van der Waals surface area contributed by atoms with Crippen LogP contribution in [0.4, 0.5) is 0 Å². The molecule has 1 aromatic heterocycles. The van der Waals surface area contributed by atoms with Crippen molar-refractivity contribution in [1.82, 2.24) is 14.9 Å². The maximum atomic E-state index is 11.7. The number of nitrogens with zero attached hydrogens (tertiary/aromatic N) is 3. The molecule has 1 amide bonds. The summed E-state index contributed by atoms with van der Waals surface area (Å²) in [4.78, 5) is 20.6. The van der Waals surface area contributed by atoms with Crippen LogP contribution in [0, 0.1) is 0 Å². The van der Waals surface area contributed by atoms with E-state index in [-0.39, 0.29) is 24.4 Å². The second-order valence-corrected chi connectivity index (χ2v) is 5.64. The van der Waals surface area contributed by atoms with Gasteiger partial charge in [0.2, 0.25) is 0 Å². The normalized spacial score (nSPS) is 12.7. The molecule has 2 aromatic rings. The molecule has 24 heavy (non-hydrogen) atoms. The van der Waals surface area contributed by atoms with Crippen LogP contribution in [-0.4, -0.2) is 34.4 Å². The quantitative estimate of drug-likeness (QED) is 0.431. The summed E-state index contributed by atoms with van der Waals surface area (Å²) in [5.74, 6) is 0.0118. The molecular formula is C16H20ClN5O2. The SMILES string of the molecule is C[C@@H](/C(N)=N\OCC(=O)NCCc1ccc(Cl)cc1)n1ccnc1. The molecule has 0 bridgehead atoms. The molecule has 0 saturated heterocycles. The lowest BCUT2D eigenvalue weighted by Gasteiger charge is -2.11. The van der Waals surface area contributed by atoms with E-state index in [2.05, 4.69) is 15.5 Å². The molecule has 8 heteroatoms. The molecule has 3 N–H and O–H groups in total. The summed E-state index contributed by atoms with van der Waals surface area (Å²) in [5.41, 5.74) is 6.91. The lowest BCUT2D eigenvalue weighted by Crippen LogP contribution is -2.30. The number of rotatable bonds is 8. The van der Waals surface area contributed by atoms with Crippen molar-refractivity contribution in [2.75, 3.05) is 13.2 Å². The van der Waals surface area contributed by atoms with Gasteiger partial charge in [0.1, 0.15) is 0 Å². The topological polar surface area (TPSA) is 94.5 Å². The number of nitrogens with one attached hydrogen (secondary N) is 1. The number of oxime groups is 1. The molecule has 128 valence electrons. The van der Waals surface area contributed by atoms with Crippen LogP contribution in [0.25, 0.3) is 0 Å². The van der Waals surface area contributed by atoms with Crippen molar-refractivity contribution in [2.45, 2.75) is 19.4 Å². The molecule has 0 aliphatic rings. The highest BCUT2D eigenvalue weighted by Crippen LogP contribution is 2.09. The van der Waals surface area contributed by atoms with Gasteiger partial charge < -0.3 is 20.5 Å². The summed E-state index contributed by atoms with van der Waals surface area (Å²) >= 11 is 5.82. The third-order valence-corrected chi connectivity index (χ3v) is 3.67. The molecular weight excluding hydrogens is 330 g/mol. The minimum Gasteiger partial charge on any atom is -0.384 e. The monoisotopic (exact) mass is 349 g/mol. The van der Waals surface area contributed by atoms with Gasteiger partial charge in [0.15, 0.2) is 12.4 Å². The first kappa shape index (κ1) is 17.8. The first-order chi connectivity index (χ1) is 11.6. The lowest BCUT2D eigenvalue weighted by atomic mass is 10.1. The highest BCUT2D eigenvalue weighted by molar-refractivity contribution is 6.30. The summed E-state index contributed by atoms with van der Waals surface area (Å²) in [7, 11) is 0. The molecule has 0 aliphatic carbocycles. The van der Waals surface area contributed by atoms with Gasteiger partial charge in [-0.05, 0) is 31.0 Å². The Hall–Kier alpha value is -2.54. The fourth-order valence-corrected chi connectivity index (χ4v) is 2.07. The average Bonchev–Trinajstić information content (AvgIpc) is 3.10. The van der Waals surface area contributed by atoms with Crippen LogP contribution in [0.1, 0.15) is 18.5 Å². The van der Waals surface area contributed by atoms with E-state index in [0.717, 1.165) is 5.56 Å². The Balaban J connectivity index is 1.67. The van der Waals surface area contributed by atoms with Crippen molar-refractivity contribution >= 4 is 23.3 Å². The minimum atomic E-state index is -0.254. The Labute approximate surface area is 145 Å². The number of halogens is 1. The van der Waals surface area contributed by atoms with Gasteiger partial charge >= 0.3 is 0 Å². The molecule has 2 rings (SSSR count). The summed E-state index contributed by atoms with van der Waals surface area (Å²) in [5, 5.41) is 7.21. The fraction of sp³-hybridized carbons (Fsp3) is 0.312. The molecule has 1 atom stereocenters. The Morgan fingerprint density at radius 2 is 2.21 bits per heavy atom. The van der Waals surface area contributed by atoms with Crippen molar-refractivity contribution in [3.63, 3.8) is 0 Å². The third-order valence-electron chi connectivity index (χ3n) is 3.41. The van der Waals surface area contributed by atoms with E-state index >= 15 is 0 Å². The van der Waals surface area contributed by atoms with Crippen molar-refractivity contribution < 1.29 is 9.63 Å². The molecule has 1 aromatic carbocycles. The van der Waals surface area contributed by atoms with E-state index in [0.29, 0.717) is 18.0 Å². The standard InChI is InChI=1S/C16H20ClN5O2/c1-12(22-9-8-19-11-22)16(18)21-24-10-15(23)20-7-6-13-2-4-14(17)5-3-13/h2-5,8-9,11-12H,6-7,10H2,1H3,(H2,18,21)(H,20,23)/t12-/m0/s1. The summed E-state index contributed by atoms with van der Waals surface area (Å²) in [6.07, 6.45) is 5.78. The first-order valence-corrected chi connectivity index (χ1v) is 7.88. The van der Waals surface area contributed by atoms with Gasteiger partial charge in [0.05, 0.1) is 12.4 Å². The number of nitrogens with two attached hydrogens (primary N) is 1. The summed E-state index contributed by atoms with van der Waals surface area (Å²) in [6.45, 7) is 2.18. The maximum absolute atomic E-state index is 11.7. The predicted molar refractivity (Wildman–Crippen MR) is 92.7 cm³/mol. The number of hydrogen-bond donors (Lipinski definition) is 2. The van der Waals surface area contributed by atoms with E-state index < -0.39 is 0 Å².